The van der Waals surface area contributed by atoms with Gasteiger partial charge >= 0.3 is 5.97 Å². The van der Waals surface area contributed by atoms with Gasteiger partial charge in [-0.25, -0.2) is 4.79 Å². The van der Waals surface area contributed by atoms with Gasteiger partial charge in [0.25, 0.3) is 0 Å². The van der Waals surface area contributed by atoms with E-state index in [1.165, 1.54) is 0 Å². The van der Waals surface area contributed by atoms with Crippen LogP contribution >= 0.6 is 0 Å². The van der Waals surface area contributed by atoms with Crippen molar-refractivity contribution in [2.75, 3.05) is 38.1 Å². The molecule has 0 unspecified atom stereocenters. The van der Waals surface area contributed by atoms with Gasteiger partial charge in [-0.05, 0) is 24.7 Å². The predicted octanol–water partition coefficient (Wildman–Crippen LogP) is 0.556. The highest BCUT2D eigenvalue weighted by Gasteiger charge is 2.17. The van der Waals surface area contributed by atoms with Gasteiger partial charge in [0.2, 0.25) is 0 Å². The van der Waals surface area contributed by atoms with E-state index in [1.54, 1.807) is 12.1 Å². The van der Waals surface area contributed by atoms with E-state index in [-0.39, 0.29) is 0 Å². The number of aliphatic hydroxyl groups excluding tert-OH is 1. The number of hydrogen-bond donors (Lipinski definition) is 2. The Labute approximate surface area is 106 Å². The molecule has 0 amide bonds. The quantitative estimate of drug-likeness (QED) is 0.820. The van der Waals surface area contributed by atoms with Gasteiger partial charge in [-0.2, -0.15) is 0 Å². The number of carboxylic acid groups (broad SMARTS) is 1. The number of aliphatic hydroxyl groups is 1. The molecule has 18 heavy (non-hydrogen) atoms. The van der Waals surface area contributed by atoms with Crippen molar-refractivity contribution >= 4 is 11.7 Å². The van der Waals surface area contributed by atoms with Gasteiger partial charge < -0.3 is 20.0 Å². The summed E-state index contributed by atoms with van der Waals surface area (Å²) >= 11 is 0. The Kier molecular flexibility index (Phi) is 3.84. The van der Waals surface area contributed by atoms with Crippen LogP contribution in [0.3, 0.4) is 0 Å². The summed E-state index contributed by atoms with van der Waals surface area (Å²) < 4.78 is 0. The summed E-state index contributed by atoms with van der Waals surface area (Å²) in [7, 11) is 2.10. The van der Waals surface area contributed by atoms with Crippen molar-refractivity contribution < 1.29 is 15.0 Å². The third kappa shape index (κ3) is 2.80. The number of carboxylic acids is 1. The lowest BCUT2D eigenvalue weighted by Crippen LogP contribution is -2.44. The zero-order chi connectivity index (χ0) is 13.1. The molecule has 98 valence electrons. The van der Waals surface area contributed by atoms with Crippen LogP contribution in [0.15, 0.2) is 24.3 Å². The average Bonchev–Trinajstić information content (AvgIpc) is 2.39. The van der Waals surface area contributed by atoms with E-state index >= 15 is 0 Å². The summed E-state index contributed by atoms with van der Waals surface area (Å²) in [4.78, 5) is 15.2. The number of benzene rings is 1. The third-order valence-corrected chi connectivity index (χ3v) is 3.31. The largest absolute Gasteiger partial charge is 0.479 e. The number of nitrogens with zero attached hydrogens (tertiary/aromatic N) is 2. The molecule has 2 rings (SSSR count). The first-order valence-corrected chi connectivity index (χ1v) is 6.02. The molecule has 1 saturated heterocycles. The van der Waals surface area contributed by atoms with Gasteiger partial charge in [0.05, 0.1) is 0 Å². The van der Waals surface area contributed by atoms with Gasteiger partial charge in [-0.3, -0.25) is 0 Å². The van der Waals surface area contributed by atoms with E-state index in [9.17, 15) is 9.90 Å². The molecule has 1 fully saturated rings. The minimum Gasteiger partial charge on any atom is -0.479 e. The normalized spacial score (nSPS) is 18.7. The number of carbonyl (C=O) groups is 1. The number of rotatable bonds is 3. The third-order valence-electron chi connectivity index (χ3n) is 3.31. The van der Waals surface area contributed by atoms with Crippen LogP contribution in [0.1, 0.15) is 11.7 Å². The summed E-state index contributed by atoms with van der Waals surface area (Å²) in [6.45, 7) is 3.99. The van der Waals surface area contributed by atoms with Crippen LogP contribution in [0.25, 0.3) is 0 Å². The van der Waals surface area contributed by atoms with Crippen LogP contribution in [0, 0.1) is 0 Å². The van der Waals surface area contributed by atoms with E-state index in [4.69, 9.17) is 5.11 Å². The molecular formula is C13H18N2O3. The van der Waals surface area contributed by atoms with Crippen molar-refractivity contribution in [1.82, 2.24) is 4.90 Å². The zero-order valence-electron chi connectivity index (χ0n) is 10.4. The molecule has 5 nitrogen and oxygen atoms in total. The molecule has 0 spiro atoms. The molecule has 1 aromatic carbocycles. The predicted molar refractivity (Wildman–Crippen MR) is 68.7 cm³/mol. The Morgan fingerprint density at radius 3 is 2.22 bits per heavy atom. The summed E-state index contributed by atoms with van der Waals surface area (Å²) in [5.41, 5.74) is 1.49. The highest BCUT2D eigenvalue weighted by molar-refractivity contribution is 5.74. The number of anilines is 1. The zero-order valence-corrected chi connectivity index (χ0v) is 10.4. The van der Waals surface area contributed by atoms with Crippen molar-refractivity contribution in [3.8, 4) is 0 Å². The lowest BCUT2D eigenvalue weighted by molar-refractivity contribution is -0.146. The lowest BCUT2D eigenvalue weighted by Gasteiger charge is -2.34. The van der Waals surface area contributed by atoms with Crippen molar-refractivity contribution in [2.24, 2.45) is 0 Å². The molecule has 1 atom stereocenters. The Morgan fingerprint density at radius 2 is 1.72 bits per heavy atom. The Morgan fingerprint density at radius 1 is 1.17 bits per heavy atom. The summed E-state index contributed by atoms with van der Waals surface area (Å²) in [6, 6.07) is 7.08. The van der Waals surface area contributed by atoms with Crippen LogP contribution in [0.4, 0.5) is 5.69 Å². The highest BCUT2D eigenvalue weighted by atomic mass is 16.4. The van der Waals surface area contributed by atoms with Gasteiger partial charge in [-0.1, -0.05) is 12.1 Å². The molecule has 5 heteroatoms. The van der Waals surface area contributed by atoms with Crippen LogP contribution < -0.4 is 4.90 Å². The van der Waals surface area contributed by atoms with E-state index < -0.39 is 12.1 Å². The fraction of sp³-hybridized carbons (Fsp3) is 0.462. The van der Waals surface area contributed by atoms with E-state index in [1.807, 2.05) is 12.1 Å². The number of likely N-dealkylation sites (N-methyl/N-ethyl adjacent to an activating group) is 1. The summed E-state index contributed by atoms with van der Waals surface area (Å²) in [5, 5.41) is 18.1. The molecule has 0 aromatic heterocycles. The topological polar surface area (TPSA) is 64.0 Å². The molecule has 0 saturated carbocycles. The van der Waals surface area contributed by atoms with E-state index in [0.717, 1.165) is 31.9 Å². The smallest absolute Gasteiger partial charge is 0.337 e. The molecular weight excluding hydrogens is 232 g/mol. The molecule has 2 N–H and O–H groups in total. The second-order valence-electron chi connectivity index (χ2n) is 4.62. The maximum Gasteiger partial charge on any atom is 0.337 e. The first-order chi connectivity index (χ1) is 8.58. The van der Waals surface area contributed by atoms with Crippen molar-refractivity contribution in [3.05, 3.63) is 29.8 Å². The second-order valence-corrected chi connectivity index (χ2v) is 4.62. The van der Waals surface area contributed by atoms with Crippen LogP contribution in [0.5, 0.6) is 0 Å². The second kappa shape index (κ2) is 5.37. The number of piperazine rings is 1. The first-order valence-electron chi connectivity index (χ1n) is 6.02. The standard InChI is InChI=1S/C13H18N2O3/c1-14-6-8-15(9-7-14)11-4-2-10(3-5-11)12(16)13(17)18/h2-5,12,16H,6-9H2,1H3,(H,17,18)/t12-/m0/s1. The molecule has 0 bridgehead atoms. The van der Waals surface area contributed by atoms with Crippen molar-refractivity contribution in [3.63, 3.8) is 0 Å². The minimum absolute atomic E-state index is 0.417. The van der Waals surface area contributed by atoms with Gasteiger partial charge in [0.1, 0.15) is 0 Å². The van der Waals surface area contributed by atoms with Gasteiger partial charge in [0.15, 0.2) is 6.10 Å². The Hall–Kier alpha value is -1.59. The maximum absolute atomic E-state index is 10.7. The summed E-state index contributed by atoms with van der Waals surface area (Å²) in [6.07, 6.45) is -1.44. The molecule has 1 heterocycles. The molecule has 0 radical (unpaired) electrons. The molecule has 1 aliphatic rings. The fourth-order valence-electron chi connectivity index (χ4n) is 2.07. The summed E-state index contributed by atoms with van der Waals surface area (Å²) in [5.74, 6) is -1.22. The van der Waals surface area contributed by atoms with Crippen molar-refractivity contribution in [1.29, 1.82) is 0 Å². The van der Waals surface area contributed by atoms with Crippen LogP contribution in [-0.2, 0) is 4.79 Å². The van der Waals surface area contributed by atoms with Gasteiger partial charge in [-0.15, -0.1) is 0 Å². The molecule has 1 aromatic rings. The maximum atomic E-state index is 10.7. The average molecular weight is 250 g/mol. The molecule has 1 aliphatic heterocycles. The van der Waals surface area contributed by atoms with E-state index in [0.29, 0.717) is 5.56 Å². The SMILES string of the molecule is CN1CCN(c2ccc([C@H](O)C(=O)O)cc2)CC1. The highest BCUT2D eigenvalue weighted by Crippen LogP contribution is 2.20. The van der Waals surface area contributed by atoms with Gasteiger partial charge in [0, 0.05) is 31.9 Å². The monoisotopic (exact) mass is 250 g/mol. The van der Waals surface area contributed by atoms with Crippen LogP contribution in [-0.4, -0.2) is 54.3 Å². The minimum atomic E-state index is -1.44. The lowest BCUT2D eigenvalue weighted by atomic mass is 10.1. The fourth-order valence-corrected chi connectivity index (χ4v) is 2.07. The Balaban J connectivity index is 2.06. The molecule has 0 aliphatic carbocycles. The van der Waals surface area contributed by atoms with Crippen LogP contribution in [0.2, 0.25) is 0 Å². The first kappa shape index (κ1) is 12.9. The van der Waals surface area contributed by atoms with E-state index in [2.05, 4.69) is 16.8 Å². The Bertz CT molecular complexity index is 411. The van der Waals surface area contributed by atoms with Crippen molar-refractivity contribution in [2.45, 2.75) is 6.10 Å². The number of aliphatic carboxylic acids is 1. The number of hydrogen-bond acceptors (Lipinski definition) is 4.